The molecule has 0 aromatic heterocycles. The van der Waals surface area contributed by atoms with Crippen LogP contribution in [0.3, 0.4) is 0 Å². The molecule has 0 aromatic carbocycles. The minimum atomic E-state index is 0.731. The predicted octanol–water partition coefficient (Wildman–Crippen LogP) is 2.57. The second-order valence-corrected chi connectivity index (χ2v) is 3.08. The first kappa shape index (κ1) is 9.41. The van der Waals surface area contributed by atoms with Gasteiger partial charge in [-0.3, -0.25) is 4.79 Å². The van der Waals surface area contributed by atoms with Crippen LogP contribution in [-0.4, -0.2) is 6.29 Å². The van der Waals surface area contributed by atoms with Gasteiger partial charge in [-0.05, 0) is 31.8 Å². The van der Waals surface area contributed by atoms with E-state index >= 15 is 0 Å². The minimum absolute atomic E-state index is 0.731. The molecule has 0 aliphatic carbocycles. The van der Waals surface area contributed by atoms with Crippen molar-refractivity contribution in [1.82, 2.24) is 0 Å². The molecule has 0 heterocycles. The quantitative estimate of drug-likeness (QED) is 0.433. The first-order valence-electron chi connectivity index (χ1n) is 3.77. The van der Waals surface area contributed by atoms with E-state index in [2.05, 4.69) is 13.8 Å². The molecule has 0 atom stereocenters. The van der Waals surface area contributed by atoms with Crippen molar-refractivity contribution >= 4 is 6.29 Å². The normalized spacial score (nSPS) is 12.2. The van der Waals surface area contributed by atoms with Gasteiger partial charge in [0.15, 0.2) is 0 Å². The van der Waals surface area contributed by atoms with Gasteiger partial charge in [-0.15, -0.1) is 0 Å². The fourth-order valence-electron chi connectivity index (χ4n) is 0.716. The first-order valence-corrected chi connectivity index (χ1v) is 3.77. The minimum Gasteiger partial charge on any atom is -0.299 e. The summed E-state index contributed by atoms with van der Waals surface area (Å²) < 4.78 is 0. The van der Waals surface area contributed by atoms with Crippen LogP contribution in [0.2, 0.25) is 0 Å². The third-order valence-corrected chi connectivity index (χ3v) is 1.47. The summed E-state index contributed by atoms with van der Waals surface area (Å²) in [6.45, 7) is 6.37. The highest BCUT2D eigenvalue weighted by molar-refractivity contribution is 5.65. The maximum absolute atomic E-state index is 9.98. The predicted molar refractivity (Wildman–Crippen MR) is 43.9 cm³/mol. The fourth-order valence-corrected chi connectivity index (χ4v) is 0.716. The zero-order valence-electron chi connectivity index (χ0n) is 7.05. The lowest BCUT2D eigenvalue weighted by Crippen LogP contribution is -1.87. The van der Waals surface area contributed by atoms with Gasteiger partial charge in [-0.25, -0.2) is 0 Å². The Morgan fingerprint density at radius 3 is 2.50 bits per heavy atom. The molecule has 0 aromatic rings. The van der Waals surface area contributed by atoms with Crippen LogP contribution < -0.4 is 0 Å². The van der Waals surface area contributed by atoms with Gasteiger partial charge in [0.1, 0.15) is 6.29 Å². The van der Waals surface area contributed by atoms with Crippen LogP contribution in [0.25, 0.3) is 0 Å². The molecule has 0 N–H and O–H groups in total. The van der Waals surface area contributed by atoms with Crippen molar-refractivity contribution in [3.05, 3.63) is 11.6 Å². The molecular weight excluding hydrogens is 124 g/mol. The summed E-state index contributed by atoms with van der Waals surface area (Å²) in [7, 11) is 0. The van der Waals surface area contributed by atoms with Crippen molar-refractivity contribution in [1.29, 1.82) is 0 Å². The molecule has 58 valence electrons. The third kappa shape index (κ3) is 5.54. The lowest BCUT2D eigenvalue weighted by Gasteiger charge is -2.02. The number of carbonyl (C=O) groups excluding carboxylic acids is 1. The Bertz CT molecular complexity index is 123. The topological polar surface area (TPSA) is 17.1 Å². The average Bonchev–Trinajstić information content (AvgIpc) is 1.85. The molecule has 0 aliphatic rings. The Morgan fingerprint density at radius 1 is 1.50 bits per heavy atom. The number of aldehydes is 1. The number of allylic oxidation sites excluding steroid dienone is 2. The average molecular weight is 140 g/mol. The molecular formula is C9H16O. The van der Waals surface area contributed by atoms with Crippen LogP contribution in [0, 0.1) is 5.92 Å². The van der Waals surface area contributed by atoms with Crippen LogP contribution in [0.4, 0.5) is 0 Å². The molecule has 0 bridgehead atoms. The number of hydrogen-bond donors (Lipinski definition) is 0. The van der Waals surface area contributed by atoms with Crippen molar-refractivity contribution in [2.45, 2.75) is 33.6 Å². The lowest BCUT2D eigenvalue weighted by molar-refractivity contribution is -0.104. The molecule has 0 saturated heterocycles. The molecule has 0 rings (SSSR count). The van der Waals surface area contributed by atoms with Crippen molar-refractivity contribution in [3.8, 4) is 0 Å². The number of hydrogen-bond acceptors (Lipinski definition) is 1. The van der Waals surface area contributed by atoms with Gasteiger partial charge in [0.2, 0.25) is 0 Å². The molecule has 0 radical (unpaired) electrons. The molecule has 0 amide bonds. The van der Waals surface area contributed by atoms with Crippen molar-refractivity contribution in [2.24, 2.45) is 5.92 Å². The molecule has 0 spiro atoms. The monoisotopic (exact) mass is 140 g/mol. The van der Waals surface area contributed by atoms with Crippen LogP contribution in [0.5, 0.6) is 0 Å². The van der Waals surface area contributed by atoms with E-state index < -0.39 is 0 Å². The van der Waals surface area contributed by atoms with Crippen molar-refractivity contribution < 1.29 is 4.79 Å². The largest absolute Gasteiger partial charge is 0.299 e. The van der Waals surface area contributed by atoms with E-state index in [1.165, 1.54) is 12.0 Å². The van der Waals surface area contributed by atoms with Gasteiger partial charge in [0, 0.05) is 0 Å². The van der Waals surface area contributed by atoms with E-state index in [-0.39, 0.29) is 0 Å². The molecule has 0 fully saturated rings. The zero-order valence-corrected chi connectivity index (χ0v) is 7.05. The summed E-state index contributed by atoms with van der Waals surface area (Å²) in [6.07, 6.45) is 4.73. The van der Waals surface area contributed by atoms with Gasteiger partial charge in [0.05, 0.1) is 0 Å². The standard InChI is InChI=1S/C9H16O/c1-8(2)4-5-9(3)6-7-10/h6-8H,4-5H2,1-3H3/b9-6+. The van der Waals surface area contributed by atoms with E-state index in [0.717, 1.165) is 18.6 Å². The SMILES string of the molecule is C/C(=C\C=O)CCC(C)C. The highest BCUT2D eigenvalue weighted by atomic mass is 16.1. The van der Waals surface area contributed by atoms with Crippen molar-refractivity contribution in [2.75, 3.05) is 0 Å². The third-order valence-electron chi connectivity index (χ3n) is 1.47. The van der Waals surface area contributed by atoms with E-state index in [4.69, 9.17) is 0 Å². The second-order valence-electron chi connectivity index (χ2n) is 3.08. The summed E-state index contributed by atoms with van der Waals surface area (Å²) >= 11 is 0. The van der Waals surface area contributed by atoms with Gasteiger partial charge in [-0.1, -0.05) is 19.4 Å². The van der Waals surface area contributed by atoms with Gasteiger partial charge in [0.25, 0.3) is 0 Å². The van der Waals surface area contributed by atoms with Crippen LogP contribution in [0.15, 0.2) is 11.6 Å². The molecule has 0 aliphatic heterocycles. The smallest absolute Gasteiger partial charge is 0.142 e. The summed E-state index contributed by atoms with van der Waals surface area (Å²) in [4.78, 5) is 9.98. The van der Waals surface area contributed by atoms with Crippen LogP contribution >= 0.6 is 0 Å². The highest BCUT2D eigenvalue weighted by Gasteiger charge is 1.93. The van der Waals surface area contributed by atoms with E-state index in [9.17, 15) is 4.79 Å². The van der Waals surface area contributed by atoms with Gasteiger partial charge >= 0.3 is 0 Å². The Hall–Kier alpha value is -0.590. The van der Waals surface area contributed by atoms with E-state index in [0.29, 0.717) is 0 Å². The Balaban J connectivity index is 3.48. The van der Waals surface area contributed by atoms with E-state index in [1.807, 2.05) is 6.92 Å². The molecule has 0 unspecified atom stereocenters. The summed E-state index contributed by atoms with van der Waals surface area (Å²) in [5, 5.41) is 0. The van der Waals surface area contributed by atoms with Crippen LogP contribution in [0.1, 0.15) is 33.6 Å². The Labute approximate surface area is 63.1 Å². The second kappa shape index (κ2) is 5.21. The molecule has 1 nitrogen and oxygen atoms in total. The van der Waals surface area contributed by atoms with E-state index in [1.54, 1.807) is 6.08 Å². The first-order chi connectivity index (χ1) is 4.66. The highest BCUT2D eigenvalue weighted by Crippen LogP contribution is 2.09. The maximum atomic E-state index is 9.98. The summed E-state index contributed by atoms with van der Waals surface area (Å²) in [5.41, 5.74) is 1.18. The van der Waals surface area contributed by atoms with Crippen molar-refractivity contribution in [3.63, 3.8) is 0 Å². The molecule has 0 saturated carbocycles. The van der Waals surface area contributed by atoms with Crippen LogP contribution in [-0.2, 0) is 4.79 Å². The van der Waals surface area contributed by atoms with Gasteiger partial charge < -0.3 is 0 Å². The Morgan fingerprint density at radius 2 is 2.10 bits per heavy atom. The summed E-state index contributed by atoms with van der Waals surface area (Å²) in [5.74, 6) is 0.731. The lowest BCUT2D eigenvalue weighted by atomic mass is 10.0. The number of carbonyl (C=O) groups is 1. The Kier molecular flexibility index (Phi) is 4.91. The number of rotatable bonds is 4. The molecule has 10 heavy (non-hydrogen) atoms. The zero-order chi connectivity index (χ0) is 7.98. The molecule has 1 heteroatoms. The fraction of sp³-hybridized carbons (Fsp3) is 0.667. The van der Waals surface area contributed by atoms with Gasteiger partial charge in [-0.2, -0.15) is 0 Å². The summed E-state index contributed by atoms with van der Waals surface area (Å²) in [6, 6.07) is 0. The maximum Gasteiger partial charge on any atom is 0.142 e.